The number of carbonyl (C=O) groups excluding carboxylic acids is 2. The van der Waals surface area contributed by atoms with E-state index < -0.39 is 11.7 Å². The average molecular weight is 282 g/mol. The van der Waals surface area contributed by atoms with Crippen molar-refractivity contribution >= 4 is 12.0 Å². The summed E-state index contributed by atoms with van der Waals surface area (Å²) in [5, 5.41) is 0. The molecule has 5 nitrogen and oxygen atoms in total. The molecule has 0 N–H and O–H groups in total. The monoisotopic (exact) mass is 282 g/mol. The minimum absolute atomic E-state index is 0.111. The highest BCUT2D eigenvalue weighted by molar-refractivity contribution is 5.77. The van der Waals surface area contributed by atoms with Crippen LogP contribution in [0.2, 0.25) is 0 Å². The predicted molar refractivity (Wildman–Crippen MR) is 78.4 cm³/mol. The number of likely N-dealkylation sites (tertiary alicyclic amines) is 1. The molecule has 0 aromatic rings. The van der Waals surface area contributed by atoms with Gasteiger partial charge < -0.3 is 14.5 Å². The zero-order chi connectivity index (χ0) is 15.2. The number of carbonyl (C=O) groups is 2. The molecule has 1 rings (SSSR count). The van der Waals surface area contributed by atoms with Crippen molar-refractivity contribution in [3.05, 3.63) is 12.7 Å². The summed E-state index contributed by atoms with van der Waals surface area (Å²) in [7, 11) is 0. The average Bonchev–Trinajstić information content (AvgIpc) is 2.85. The molecular weight excluding hydrogens is 256 g/mol. The van der Waals surface area contributed by atoms with E-state index in [-0.39, 0.29) is 5.91 Å². The molecule has 0 atom stereocenters. The third-order valence-corrected chi connectivity index (χ3v) is 3.06. The molecule has 0 aromatic heterocycles. The van der Waals surface area contributed by atoms with Crippen molar-refractivity contribution in [1.82, 2.24) is 9.80 Å². The summed E-state index contributed by atoms with van der Waals surface area (Å²) in [6, 6.07) is 0. The molecule has 0 aromatic carbocycles. The zero-order valence-corrected chi connectivity index (χ0v) is 12.9. The molecule has 0 spiro atoms. The van der Waals surface area contributed by atoms with Crippen molar-refractivity contribution in [2.45, 2.75) is 45.6 Å². The topological polar surface area (TPSA) is 49.9 Å². The van der Waals surface area contributed by atoms with E-state index in [4.69, 9.17) is 4.74 Å². The fourth-order valence-electron chi connectivity index (χ4n) is 2.09. The van der Waals surface area contributed by atoms with E-state index in [0.29, 0.717) is 19.5 Å². The van der Waals surface area contributed by atoms with Gasteiger partial charge in [-0.15, -0.1) is 6.58 Å². The van der Waals surface area contributed by atoms with E-state index in [1.807, 2.05) is 25.7 Å². The molecule has 0 aliphatic carbocycles. The van der Waals surface area contributed by atoms with Crippen molar-refractivity contribution in [3.8, 4) is 0 Å². The molecule has 1 fully saturated rings. The molecule has 1 saturated heterocycles. The van der Waals surface area contributed by atoms with Crippen LogP contribution >= 0.6 is 0 Å². The molecule has 0 unspecified atom stereocenters. The van der Waals surface area contributed by atoms with E-state index in [2.05, 4.69) is 6.58 Å². The van der Waals surface area contributed by atoms with Crippen molar-refractivity contribution in [2.24, 2.45) is 0 Å². The molecule has 1 aliphatic rings. The second-order valence-corrected chi connectivity index (χ2v) is 6.05. The molecule has 20 heavy (non-hydrogen) atoms. The van der Waals surface area contributed by atoms with Crippen LogP contribution in [-0.4, -0.2) is 53.6 Å². The summed E-state index contributed by atoms with van der Waals surface area (Å²) in [4.78, 5) is 27.4. The summed E-state index contributed by atoms with van der Waals surface area (Å²) in [6.45, 7) is 11.6. The van der Waals surface area contributed by atoms with Gasteiger partial charge in [0.05, 0.1) is 0 Å². The highest BCUT2D eigenvalue weighted by atomic mass is 16.6. The first-order valence-electron chi connectivity index (χ1n) is 7.20. The van der Waals surface area contributed by atoms with E-state index >= 15 is 0 Å². The Balaban J connectivity index is 2.47. The first-order valence-corrected chi connectivity index (χ1v) is 7.20. The molecule has 0 radical (unpaired) electrons. The van der Waals surface area contributed by atoms with Gasteiger partial charge in [0.15, 0.2) is 0 Å². The van der Waals surface area contributed by atoms with E-state index in [1.165, 1.54) is 4.90 Å². The Morgan fingerprint density at radius 3 is 2.40 bits per heavy atom. The summed E-state index contributed by atoms with van der Waals surface area (Å²) in [6.07, 6.45) is 3.74. The van der Waals surface area contributed by atoms with Gasteiger partial charge in [-0.05, 0) is 33.6 Å². The zero-order valence-electron chi connectivity index (χ0n) is 12.9. The summed E-state index contributed by atoms with van der Waals surface area (Å²) < 4.78 is 5.32. The number of hydrogen-bond acceptors (Lipinski definition) is 3. The predicted octanol–water partition coefficient (Wildman–Crippen LogP) is 2.42. The van der Waals surface area contributed by atoms with Crippen molar-refractivity contribution in [2.75, 3.05) is 26.2 Å². The summed E-state index contributed by atoms with van der Waals surface area (Å²) in [5.41, 5.74) is -0.532. The van der Waals surface area contributed by atoms with Crippen LogP contribution in [0.5, 0.6) is 0 Å². The van der Waals surface area contributed by atoms with Gasteiger partial charge in [0.2, 0.25) is 5.91 Å². The van der Waals surface area contributed by atoms with Crippen molar-refractivity contribution < 1.29 is 14.3 Å². The highest BCUT2D eigenvalue weighted by Gasteiger charge is 2.23. The first-order chi connectivity index (χ1) is 9.33. The second-order valence-electron chi connectivity index (χ2n) is 6.05. The fraction of sp³-hybridized carbons (Fsp3) is 0.733. The Labute approximate surface area is 121 Å². The number of ether oxygens (including phenoxy) is 1. The lowest BCUT2D eigenvalue weighted by molar-refractivity contribution is -0.130. The Morgan fingerprint density at radius 2 is 1.90 bits per heavy atom. The first kappa shape index (κ1) is 16.5. The van der Waals surface area contributed by atoms with Gasteiger partial charge in [-0.3, -0.25) is 4.79 Å². The smallest absolute Gasteiger partial charge is 0.410 e. The number of rotatable bonds is 5. The summed E-state index contributed by atoms with van der Waals surface area (Å²) >= 11 is 0. The van der Waals surface area contributed by atoms with Crippen LogP contribution in [0.3, 0.4) is 0 Å². The maximum absolute atomic E-state index is 12.0. The maximum atomic E-state index is 12.0. The number of hydrogen-bond donors (Lipinski definition) is 0. The van der Waals surface area contributed by atoms with E-state index in [9.17, 15) is 9.59 Å². The Bertz CT molecular complexity index is 355. The standard InChI is InChI=1S/C15H26N2O3/c1-5-9-17(14(19)20-15(2,3)4)12-8-13(18)16-10-6-7-11-16/h5H,1,6-12H2,2-4H3. The SMILES string of the molecule is C=CCN(CCC(=O)N1CCCC1)C(=O)OC(C)(C)C. The largest absolute Gasteiger partial charge is 0.444 e. The van der Waals surface area contributed by atoms with Crippen molar-refractivity contribution in [3.63, 3.8) is 0 Å². The Kier molecular flexibility index (Phi) is 6.05. The normalized spacial score (nSPS) is 15.1. The van der Waals surface area contributed by atoms with E-state index in [1.54, 1.807) is 6.08 Å². The molecule has 0 saturated carbocycles. The molecule has 5 heteroatoms. The third-order valence-electron chi connectivity index (χ3n) is 3.06. The second kappa shape index (κ2) is 7.31. The van der Waals surface area contributed by atoms with Gasteiger partial charge in [-0.1, -0.05) is 6.08 Å². The van der Waals surface area contributed by atoms with Crippen LogP contribution in [0.25, 0.3) is 0 Å². The van der Waals surface area contributed by atoms with Gasteiger partial charge in [-0.25, -0.2) is 4.79 Å². The van der Waals surface area contributed by atoms with Crippen LogP contribution in [0.1, 0.15) is 40.0 Å². The van der Waals surface area contributed by atoms with Crippen LogP contribution < -0.4 is 0 Å². The number of amides is 2. The lowest BCUT2D eigenvalue weighted by Crippen LogP contribution is -2.39. The third kappa shape index (κ3) is 5.63. The molecule has 2 amide bonds. The lowest BCUT2D eigenvalue weighted by Gasteiger charge is -2.27. The van der Waals surface area contributed by atoms with Crippen molar-refractivity contribution in [1.29, 1.82) is 0 Å². The number of nitrogens with zero attached hydrogens (tertiary/aromatic N) is 2. The quantitative estimate of drug-likeness (QED) is 0.728. The van der Waals surface area contributed by atoms with Crippen LogP contribution in [0, 0.1) is 0 Å². The Morgan fingerprint density at radius 1 is 1.30 bits per heavy atom. The van der Waals surface area contributed by atoms with E-state index in [0.717, 1.165) is 25.9 Å². The van der Waals surface area contributed by atoms with Gasteiger partial charge >= 0.3 is 6.09 Å². The highest BCUT2D eigenvalue weighted by Crippen LogP contribution is 2.12. The molecular formula is C15H26N2O3. The van der Waals surface area contributed by atoms with Gasteiger partial charge in [0.1, 0.15) is 5.60 Å². The maximum Gasteiger partial charge on any atom is 0.410 e. The molecule has 0 bridgehead atoms. The molecule has 114 valence electrons. The fourth-order valence-corrected chi connectivity index (χ4v) is 2.09. The van der Waals surface area contributed by atoms with Gasteiger partial charge in [-0.2, -0.15) is 0 Å². The van der Waals surface area contributed by atoms with Crippen LogP contribution in [0.15, 0.2) is 12.7 Å². The summed E-state index contributed by atoms with van der Waals surface area (Å²) in [5.74, 6) is 0.111. The minimum Gasteiger partial charge on any atom is -0.444 e. The lowest BCUT2D eigenvalue weighted by atomic mass is 10.2. The van der Waals surface area contributed by atoms with Crippen LogP contribution in [-0.2, 0) is 9.53 Å². The van der Waals surface area contributed by atoms with Gasteiger partial charge in [0.25, 0.3) is 0 Å². The van der Waals surface area contributed by atoms with Gasteiger partial charge in [0, 0.05) is 32.6 Å². The molecule has 1 aliphatic heterocycles. The molecule has 1 heterocycles. The van der Waals surface area contributed by atoms with Crippen LogP contribution in [0.4, 0.5) is 4.79 Å². The minimum atomic E-state index is -0.532. The Hall–Kier alpha value is -1.52.